The summed E-state index contributed by atoms with van der Waals surface area (Å²) in [4.78, 5) is 35.8. The van der Waals surface area contributed by atoms with Crippen LogP contribution in [0.25, 0.3) is 33.0 Å². The van der Waals surface area contributed by atoms with E-state index in [4.69, 9.17) is 23.2 Å². The number of benzene rings is 3. The minimum absolute atomic E-state index is 0.00688. The first kappa shape index (κ1) is 24.5. The lowest BCUT2D eigenvalue weighted by Crippen LogP contribution is -2.31. The second-order valence-corrected chi connectivity index (χ2v) is 11.4. The number of carbonyl (C=O) groups is 2. The predicted octanol–water partition coefficient (Wildman–Crippen LogP) is 7.73. The summed E-state index contributed by atoms with van der Waals surface area (Å²) in [5.41, 5.74) is 5.47. The largest absolute Gasteiger partial charge is 0.359 e. The van der Waals surface area contributed by atoms with Crippen LogP contribution in [-0.2, 0) is 21.5 Å². The number of hydrogen-bond acceptors (Lipinski definition) is 2. The molecule has 190 valence electrons. The maximum atomic E-state index is 14.0. The molecule has 6 rings (SSSR count). The van der Waals surface area contributed by atoms with Crippen molar-refractivity contribution >= 4 is 68.0 Å². The van der Waals surface area contributed by atoms with Crippen LogP contribution in [0.5, 0.6) is 0 Å². The second-order valence-electron chi connectivity index (χ2n) is 10.6. The molecule has 0 bridgehead atoms. The molecular formula is C31H25Cl2N3O2. The molecule has 2 N–H and O–H groups in total. The fourth-order valence-electron chi connectivity index (χ4n) is 5.16. The highest BCUT2D eigenvalue weighted by Gasteiger charge is 2.41. The van der Waals surface area contributed by atoms with Gasteiger partial charge in [-0.3, -0.25) is 14.5 Å². The lowest BCUT2D eigenvalue weighted by atomic mass is 9.87. The number of imide groups is 1. The van der Waals surface area contributed by atoms with Crippen molar-refractivity contribution in [2.75, 3.05) is 0 Å². The van der Waals surface area contributed by atoms with Gasteiger partial charge in [-0.1, -0.05) is 92.5 Å². The molecule has 0 atom stereocenters. The Labute approximate surface area is 230 Å². The van der Waals surface area contributed by atoms with E-state index >= 15 is 0 Å². The normalized spacial score (nSPS) is 14.5. The number of fused-ring (bicyclic) bond motifs is 2. The van der Waals surface area contributed by atoms with Crippen molar-refractivity contribution in [1.82, 2.24) is 14.9 Å². The van der Waals surface area contributed by atoms with Gasteiger partial charge in [0, 0.05) is 34.3 Å². The summed E-state index contributed by atoms with van der Waals surface area (Å²) in [5.74, 6) is -0.690. The summed E-state index contributed by atoms with van der Waals surface area (Å²) in [5, 5.41) is 2.64. The van der Waals surface area contributed by atoms with E-state index in [0.717, 1.165) is 27.4 Å². The zero-order valence-corrected chi connectivity index (χ0v) is 22.7. The topological polar surface area (TPSA) is 69.0 Å². The van der Waals surface area contributed by atoms with Crippen LogP contribution in [-0.4, -0.2) is 26.7 Å². The Hall–Kier alpha value is -3.80. The molecule has 0 aliphatic carbocycles. The van der Waals surface area contributed by atoms with Crippen molar-refractivity contribution < 1.29 is 9.59 Å². The van der Waals surface area contributed by atoms with Crippen LogP contribution in [0, 0.1) is 0 Å². The van der Waals surface area contributed by atoms with E-state index < -0.39 is 0 Å². The van der Waals surface area contributed by atoms with Gasteiger partial charge in [-0.15, -0.1) is 0 Å². The first-order valence-electron chi connectivity index (χ1n) is 12.4. The van der Waals surface area contributed by atoms with Crippen LogP contribution in [0.3, 0.4) is 0 Å². The van der Waals surface area contributed by atoms with E-state index in [1.807, 2.05) is 36.4 Å². The molecule has 1 aliphatic rings. The van der Waals surface area contributed by atoms with Crippen LogP contribution < -0.4 is 0 Å². The number of rotatable bonds is 4. The molecule has 0 saturated carbocycles. The zero-order chi connectivity index (χ0) is 26.8. The average Bonchev–Trinajstić information content (AvgIpc) is 3.56. The van der Waals surface area contributed by atoms with Gasteiger partial charge >= 0.3 is 0 Å². The van der Waals surface area contributed by atoms with Crippen LogP contribution in [0.2, 0.25) is 10.0 Å². The van der Waals surface area contributed by atoms with Gasteiger partial charge < -0.3 is 9.97 Å². The summed E-state index contributed by atoms with van der Waals surface area (Å²) in [6.07, 6.45) is 3.50. The summed E-state index contributed by atoms with van der Waals surface area (Å²) in [7, 11) is 0. The summed E-state index contributed by atoms with van der Waals surface area (Å²) in [6.45, 7) is 6.62. The summed E-state index contributed by atoms with van der Waals surface area (Å²) >= 11 is 12.9. The monoisotopic (exact) mass is 541 g/mol. The number of para-hydroxylation sites is 2. The maximum absolute atomic E-state index is 14.0. The molecule has 3 aromatic carbocycles. The molecule has 2 aromatic heterocycles. The van der Waals surface area contributed by atoms with Crippen molar-refractivity contribution in [3.8, 4) is 0 Å². The minimum Gasteiger partial charge on any atom is -0.359 e. The van der Waals surface area contributed by atoms with Gasteiger partial charge in [0.15, 0.2) is 0 Å². The number of halogens is 2. The van der Waals surface area contributed by atoms with Crippen LogP contribution in [0.1, 0.15) is 43.0 Å². The Kier molecular flexibility index (Phi) is 5.74. The van der Waals surface area contributed by atoms with Crippen molar-refractivity contribution in [2.24, 2.45) is 0 Å². The Bertz CT molecular complexity index is 1680. The van der Waals surface area contributed by atoms with Gasteiger partial charge in [0.2, 0.25) is 0 Å². The van der Waals surface area contributed by atoms with Crippen LogP contribution >= 0.6 is 23.2 Å². The van der Waals surface area contributed by atoms with Gasteiger partial charge in [-0.25, -0.2) is 0 Å². The fourth-order valence-corrected chi connectivity index (χ4v) is 5.62. The molecule has 5 aromatic rings. The van der Waals surface area contributed by atoms with E-state index in [-0.39, 0.29) is 23.8 Å². The molecule has 1 aliphatic heterocycles. The molecule has 0 fully saturated rings. The van der Waals surface area contributed by atoms with Gasteiger partial charge in [0.25, 0.3) is 11.8 Å². The van der Waals surface area contributed by atoms with E-state index in [9.17, 15) is 9.59 Å². The van der Waals surface area contributed by atoms with E-state index in [1.165, 1.54) is 10.5 Å². The first-order chi connectivity index (χ1) is 18.1. The molecular weight excluding hydrogens is 517 g/mol. The molecule has 7 heteroatoms. The fraction of sp³-hybridized carbons (Fsp3) is 0.161. The Morgan fingerprint density at radius 3 is 1.63 bits per heavy atom. The standard InChI is InChI=1S/C31H25Cl2N3O2/c1-31(2,3)18-12-10-17(11-13-18)16-36-29(37)25(21-14-34-27-19(21)6-4-8-23(27)32)26(30(36)38)22-15-35-28-20(22)7-5-9-24(28)33/h4-15,34-35H,16H2,1-3H3. The highest BCUT2D eigenvalue weighted by atomic mass is 35.5. The first-order valence-corrected chi connectivity index (χ1v) is 13.1. The molecule has 0 spiro atoms. The smallest absolute Gasteiger partial charge is 0.262 e. The van der Waals surface area contributed by atoms with Crippen molar-refractivity contribution in [3.05, 3.63) is 105 Å². The molecule has 3 heterocycles. The lowest BCUT2D eigenvalue weighted by Gasteiger charge is -2.20. The van der Waals surface area contributed by atoms with Crippen molar-refractivity contribution in [1.29, 1.82) is 0 Å². The number of nitrogens with one attached hydrogen (secondary N) is 2. The van der Waals surface area contributed by atoms with E-state index in [2.05, 4.69) is 42.9 Å². The van der Waals surface area contributed by atoms with Gasteiger partial charge in [-0.05, 0) is 28.7 Å². The summed E-state index contributed by atoms with van der Waals surface area (Å²) < 4.78 is 0. The number of aromatic nitrogens is 2. The number of amides is 2. The third-order valence-electron chi connectivity index (χ3n) is 7.20. The van der Waals surface area contributed by atoms with Gasteiger partial charge in [0.05, 0.1) is 38.8 Å². The zero-order valence-electron chi connectivity index (χ0n) is 21.2. The van der Waals surface area contributed by atoms with Crippen LogP contribution in [0.4, 0.5) is 0 Å². The Balaban J connectivity index is 1.51. The van der Waals surface area contributed by atoms with Gasteiger partial charge in [0.1, 0.15) is 0 Å². The highest BCUT2D eigenvalue weighted by Crippen LogP contribution is 2.42. The average molecular weight is 542 g/mol. The predicted molar refractivity (Wildman–Crippen MR) is 154 cm³/mol. The van der Waals surface area contributed by atoms with E-state index in [1.54, 1.807) is 24.5 Å². The minimum atomic E-state index is -0.345. The van der Waals surface area contributed by atoms with Crippen molar-refractivity contribution in [3.63, 3.8) is 0 Å². The number of nitrogens with zero attached hydrogens (tertiary/aromatic N) is 1. The Morgan fingerprint density at radius 1 is 0.711 bits per heavy atom. The molecule has 0 saturated heterocycles. The molecule has 38 heavy (non-hydrogen) atoms. The van der Waals surface area contributed by atoms with Crippen molar-refractivity contribution in [2.45, 2.75) is 32.7 Å². The third-order valence-corrected chi connectivity index (χ3v) is 7.83. The number of carbonyl (C=O) groups excluding carboxylic acids is 2. The molecule has 2 amide bonds. The van der Waals surface area contributed by atoms with Crippen LogP contribution in [0.15, 0.2) is 73.1 Å². The molecule has 0 unspecified atom stereocenters. The highest BCUT2D eigenvalue weighted by molar-refractivity contribution is 6.51. The van der Waals surface area contributed by atoms with E-state index in [0.29, 0.717) is 32.3 Å². The number of hydrogen-bond donors (Lipinski definition) is 2. The summed E-state index contributed by atoms with van der Waals surface area (Å²) in [6, 6.07) is 19.1. The lowest BCUT2D eigenvalue weighted by molar-refractivity contribution is -0.136. The van der Waals surface area contributed by atoms with Gasteiger partial charge in [-0.2, -0.15) is 0 Å². The molecule has 0 radical (unpaired) electrons. The third kappa shape index (κ3) is 3.85. The maximum Gasteiger partial charge on any atom is 0.262 e. The second kappa shape index (κ2) is 8.90. The Morgan fingerprint density at radius 2 is 1.18 bits per heavy atom. The quantitative estimate of drug-likeness (QED) is 0.228. The number of aromatic amines is 2. The molecule has 5 nitrogen and oxygen atoms in total. The number of H-pyrrole nitrogens is 2. The SMILES string of the molecule is CC(C)(C)c1ccc(CN2C(=O)C(c3c[nH]c4c(Cl)cccc34)=C(c3c[nH]c4c(Cl)cccc34)C2=O)cc1.